The van der Waals surface area contributed by atoms with Crippen LogP contribution in [-0.4, -0.2) is 25.5 Å². The molecule has 0 spiro atoms. The van der Waals surface area contributed by atoms with Crippen LogP contribution in [0.2, 0.25) is 0 Å². The molecule has 0 aliphatic heterocycles. The largest absolute Gasteiger partial charge is 0.482 e. The molecule has 0 aliphatic rings. The van der Waals surface area contributed by atoms with Crippen LogP contribution in [0.3, 0.4) is 0 Å². The second kappa shape index (κ2) is 7.16. The number of carbonyl (C=O) groups is 2. The maximum atomic E-state index is 12.0. The summed E-state index contributed by atoms with van der Waals surface area (Å²) >= 11 is 0. The van der Waals surface area contributed by atoms with E-state index in [2.05, 4.69) is 10.6 Å². The molecule has 4 N–H and O–H groups in total. The van der Waals surface area contributed by atoms with Gasteiger partial charge in [0.1, 0.15) is 11.5 Å². The Balaban J connectivity index is 1.95. The molecule has 0 unspecified atom stereocenters. The lowest BCUT2D eigenvalue weighted by molar-refractivity contribution is -0.122. The summed E-state index contributed by atoms with van der Waals surface area (Å²) in [6, 6.07) is 8.15. The van der Waals surface area contributed by atoms with Crippen LogP contribution in [0.25, 0.3) is 0 Å². The number of nitrogens with one attached hydrogen (secondary N) is 2. The Morgan fingerprint density at radius 2 is 2.14 bits per heavy atom. The van der Waals surface area contributed by atoms with Crippen molar-refractivity contribution in [3.63, 3.8) is 0 Å². The number of rotatable bonds is 6. The minimum absolute atomic E-state index is 0.134. The molecule has 22 heavy (non-hydrogen) atoms. The number of amides is 2. The predicted molar refractivity (Wildman–Crippen MR) is 80.3 cm³/mol. The van der Waals surface area contributed by atoms with Gasteiger partial charge in [0.25, 0.3) is 11.8 Å². The first kappa shape index (κ1) is 15.4. The van der Waals surface area contributed by atoms with E-state index in [-0.39, 0.29) is 24.1 Å². The van der Waals surface area contributed by atoms with Crippen molar-refractivity contribution in [2.75, 3.05) is 19.4 Å². The van der Waals surface area contributed by atoms with Gasteiger partial charge in [-0.15, -0.1) is 0 Å². The quantitative estimate of drug-likeness (QED) is 0.688. The van der Waals surface area contributed by atoms with E-state index >= 15 is 0 Å². The van der Waals surface area contributed by atoms with Crippen molar-refractivity contribution in [1.29, 1.82) is 0 Å². The molecule has 0 aliphatic carbocycles. The van der Waals surface area contributed by atoms with Gasteiger partial charge in [0.05, 0.1) is 18.5 Å². The van der Waals surface area contributed by atoms with Crippen LogP contribution in [0.1, 0.15) is 16.1 Å². The molecular weight excluding hydrogens is 286 g/mol. The SMILES string of the molecule is CNC(=O)COc1ccc(C(=O)NCc2ccco2)cc1N. The van der Waals surface area contributed by atoms with E-state index in [0.717, 1.165) is 0 Å². The van der Waals surface area contributed by atoms with Crippen molar-refractivity contribution in [2.45, 2.75) is 6.54 Å². The van der Waals surface area contributed by atoms with Gasteiger partial charge in [-0.05, 0) is 30.3 Å². The Bertz CT molecular complexity index is 653. The number of nitrogens with two attached hydrogens (primary N) is 1. The summed E-state index contributed by atoms with van der Waals surface area (Å²) in [7, 11) is 1.52. The average Bonchev–Trinajstić information content (AvgIpc) is 3.04. The summed E-state index contributed by atoms with van der Waals surface area (Å²) in [4.78, 5) is 23.1. The Kier molecular flexibility index (Phi) is 5.02. The van der Waals surface area contributed by atoms with Crippen molar-refractivity contribution < 1.29 is 18.7 Å². The van der Waals surface area contributed by atoms with Gasteiger partial charge in [-0.3, -0.25) is 9.59 Å². The van der Waals surface area contributed by atoms with Gasteiger partial charge < -0.3 is 25.5 Å². The summed E-state index contributed by atoms with van der Waals surface area (Å²) in [5, 5.41) is 5.15. The third kappa shape index (κ3) is 4.02. The molecule has 7 heteroatoms. The molecule has 0 radical (unpaired) electrons. The first-order valence-electron chi connectivity index (χ1n) is 6.63. The molecule has 0 saturated heterocycles. The molecule has 0 atom stereocenters. The Hall–Kier alpha value is -2.96. The molecule has 116 valence electrons. The van der Waals surface area contributed by atoms with Gasteiger partial charge in [-0.2, -0.15) is 0 Å². The lowest BCUT2D eigenvalue weighted by Gasteiger charge is -2.10. The summed E-state index contributed by atoms with van der Waals surface area (Å²) in [6.45, 7) is 0.158. The van der Waals surface area contributed by atoms with Crippen LogP contribution in [0.15, 0.2) is 41.0 Å². The van der Waals surface area contributed by atoms with E-state index in [1.54, 1.807) is 24.3 Å². The standard InChI is InChI=1S/C15H17N3O4/c1-17-14(19)9-22-13-5-4-10(7-12(13)16)15(20)18-8-11-3-2-6-21-11/h2-7H,8-9,16H2,1H3,(H,17,19)(H,18,20). The number of furan rings is 1. The van der Waals surface area contributed by atoms with Gasteiger partial charge in [0.15, 0.2) is 6.61 Å². The fourth-order valence-electron chi connectivity index (χ4n) is 1.72. The molecule has 1 heterocycles. The van der Waals surface area contributed by atoms with Crippen LogP contribution in [-0.2, 0) is 11.3 Å². The zero-order valence-corrected chi connectivity index (χ0v) is 12.1. The number of hydrogen-bond donors (Lipinski definition) is 3. The molecule has 1 aromatic heterocycles. The molecule has 7 nitrogen and oxygen atoms in total. The third-order valence-corrected chi connectivity index (χ3v) is 2.91. The molecule has 0 saturated carbocycles. The van der Waals surface area contributed by atoms with Crippen LogP contribution in [0, 0.1) is 0 Å². The van der Waals surface area contributed by atoms with E-state index in [1.807, 2.05) is 0 Å². The van der Waals surface area contributed by atoms with Gasteiger partial charge in [0, 0.05) is 12.6 Å². The minimum atomic E-state index is -0.277. The smallest absolute Gasteiger partial charge is 0.257 e. The first-order chi connectivity index (χ1) is 10.6. The molecule has 0 fully saturated rings. The van der Waals surface area contributed by atoms with Crippen molar-refractivity contribution in [2.24, 2.45) is 0 Å². The van der Waals surface area contributed by atoms with Crippen molar-refractivity contribution >= 4 is 17.5 Å². The van der Waals surface area contributed by atoms with Gasteiger partial charge >= 0.3 is 0 Å². The number of ether oxygens (including phenoxy) is 1. The van der Waals surface area contributed by atoms with E-state index < -0.39 is 0 Å². The number of carbonyl (C=O) groups excluding carboxylic acids is 2. The Labute approximate surface area is 127 Å². The number of benzene rings is 1. The second-order valence-corrected chi connectivity index (χ2v) is 4.48. The van der Waals surface area contributed by atoms with Gasteiger partial charge in [-0.25, -0.2) is 0 Å². The van der Waals surface area contributed by atoms with Gasteiger partial charge in [-0.1, -0.05) is 0 Å². The lowest BCUT2D eigenvalue weighted by Crippen LogP contribution is -2.25. The van der Waals surface area contributed by atoms with Crippen LogP contribution in [0.4, 0.5) is 5.69 Å². The van der Waals surface area contributed by atoms with Crippen molar-refractivity contribution in [1.82, 2.24) is 10.6 Å². The fourth-order valence-corrected chi connectivity index (χ4v) is 1.72. The molecule has 2 amide bonds. The van der Waals surface area contributed by atoms with Gasteiger partial charge in [0.2, 0.25) is 0 Å². The topological polar surface area (TPSA) is 107 Å². The van der Waals surface area contributed by atoms with E-state index in [1.165, 1.54) is 19.4 Å². The number of hydrogen-bond acceptors (Lipinski definition) is 5. The normalized spacial score (nSPS) is 10.0. The van der Waals surface area contributed by atoms with Crippen LogP contribution < -0.4 is 21.1 Å². The van der Waals surface area contributed by atoms with E-state index in [9.17, 15) is 9.59 Å². The minimum Gasteiger partial charge on any atom is -0.482 e. The zero-order valence-electron chi connectivity index (χ0n) is 12.1. The Morgan fingerprint density at radius 1 is 1.32 bits per heavy atom. The summed E-state index contributed by atoms with van der Waals surface area (Å²) in [5.41, 5.74) is 6.51. The molecule has 2 aromatic rings. The first-order valence-corrected chi connectivity index (χ1v) is 6.63. The average molecular weight is 303 g/mol. The second-order valence-electron chi connectivity index (χ2n) is 4.48. The predicted octanol–water partition coefficient (Wildman–Crippen LogP) is 0.917. The highest BCUT2D eigenvalue weighted by Gasteiger charge is 2.10. The fraction of sp³-hybridized carbons (Fsp3) is 0.200. The highest BCUT2D eigenvalue weighted by Crippen LogP contribution is 2.22. The summed E-state index contributed by atoms with van der Waals surface area (Å²) < 4.78 is 10.4. The van der Waals surface area contributed by atoms with Crippen molar-refractivity contribution in [3.05, 3.63) is 47.9 Å². The van der Waals surface area contributed by atoms with E-state index in [0.29, 0.717) is 23.6 Å². The van der Waals surface area contributed by atoms with Crippen LogP contribution in [0.5, 0.6) is 5.75 Å². The summed E-state index contributed by atoms with van der Waals surface area (Å²) in [6.07, 6.45) is 1.54. The number of anilines is 1. The maximum absolute atomic E-state index is 12.0. The van der Waals surface area contributed by atoms with Crippen LogP contribution >= 0.6 is 0 Å². The highest BCUT2D eigenvalue weighted by molar-refractivity contribution is 5.95. The Morgan fingerprint density at radius 3 is 2.77 bits per heavy atom. The van der Waals surface area contributed by atoms with E-state index in [4.69, 9.17) is 14.9 Å². The summed E-state index contributed by atoms with van der Waals surface area (Å²) in [5.74, 6) is 0.471. The lowest BCUT2D eigenvalue weighted by atomic mass is 10.1. The number of nitrogen functional groups attached to an aromatic ring is 1. The zero-order chi connectivity index (χ0) is 15.9. The monoisotopic (exact) mass is 303 g/mol. The third-order valence-electron chi connectivity index (χ3n) is 2.91. The molecule has 2 rings (SSSR count). The maximum Gasteiger partial charge on any atom is 0.257 e. The van der Waals surface area contributed by atoms with Crippen molar-refractivity contribution in [3.8, 4) is 5.75 Å². The molecule has 1 aromatic carbocycles. The molecular formula is C15H17N3O4. The number of likely N-dealkylation sites (N-methyl/N-ethyl adjacent to an activating group) is 1. The highest BCUT2D eigenvalue weighted by atomic mass is 16.5. The molecule has 0 bridgehead atoms.